The van der Waals surface area contributed by atoms with Crippen LogP contribution >= 0.6 is 22.9 Å². The molecule has 0 radical (unpaired) electrons. The van der Waals surface area contributed by atoms with Gasteiger partial charge in [-0.25, -0.2) is 9.79 Å². The van der Waals surface area contributed by atoms with Gasteiger partial charge in [-0.2, -0.15) is 0 Å². The van der Waals surface area contributed by atoms with Gasteiger partial charge in [0.1, 0.15) is 5.76 Å². The molecule has 38 heavy (non-hydrogen) atoms. The summed E-state index contributed by atoms with van der Waals surface area (Å²) in [6.07, 6.45) is 3.91. The molecular weight excluding hydrogens is 524 g/mol. The van der Waals surface area contributed by atoms with E-state index >= 15 is 0 Å². The van der Waals surface area contributed by atoms with Gasteiger partial charge in [-0.1, -0.05) is 35.1 Å². The van der Waals surface area contributed by atoms with Crippen molar-refractivity contribution in [3.05, 3.63) is 83.7 Å². The molecule has 2 aliphatic heterocycles. The summed E-state index contributed by atoms with van der Waals surface area (Å²) in [4.78, 5) is 36.4. The minimum absolute atomic E-state index is 0.223. The molecule has 5 rings (SSSR count). The Balaban J connectivity index is 1.52. The monoisotopic (exact) mass is 554 g/mol. The highest BCUT2D eigenvalue weighted by Gasteiger charge is 2.33. The van der Waals surface area contributed by atoms with E-state index in [1.807, 2.05) is 24.3 Å². The molecule has 0 saturated carbocycles. The zero-order chi connectivity index (χ0) is 27.0. The van der Waals surface area contributed by atoms with Crippen LogP contribution in [0.25, 0.3) is 6.08 Å². The van der Waals surface area contributed by atoms with E-state index in [0.29, 0.717) is 37.4 Å². The molecule has 0 N–H and O–H groups in total. The first-order valence-corrected chi connectivity index (χ1v) is 13.9. The van der Waals surface area contributed by atoms with E-state index in [1.165, 1.54) is 11.3 Å². The van der Waals surface area contributed by atoms with Crippen molar-refractivity contribution >= 4 is 40.9 Å². The molecule has 0 aliphatic carbocycles. The van der Waals surface area contributed by atoms with Crippen molar-refractivity contribution in [3.8, 4) is 0 Å². The number of benzene rings is 1. The Morgan fingerprint density at radius 1 is 1.21 bits per heavy atom. The Bertz CT molecular complexity index is 1540. The van der Waals surface area contributed by atoms with E-state index in [9.17, 15) is 9.59 Å². The maximum Gasteiger partial charge on any atom is 0.338 e. The largest absolute Gasteiger partial charge is 0.463 e. The summed E-state index contributed by atoms with van der Waals surface area (Å²) in [7, 11) is 4.24. The van der Waals surface area contributed by atoms with Gasteiger partial charge in [0.15, 0.2) is 10.7 Å². The third kappa shape index (κ3) is 5.10. The number of allylic oxidation sites excluding steroid dienone is 1. The van der Waals surface area contributed by atoms with Gasteiger partial charge in [-0.3, -0.25) is 9.36 Å². The van der Waals surface area contributed by atoms with Crippen molar-refractivity contribution in [2.75, 3.05) is 38.7 Å². The van der Waals surface area contributed by atoms with Crippen molar-refractivity contribution < 1.29 is 13.9 Å². The number of esters is 1. The molecule has 1 saturated heterocycles. The topological polar surface area (TPSA) is 80.3 Å². The molecule has 0 unspecified atom stereocenters. The highest BCUT2D eigenvalue weighted by Crippen LogP contribution is 2.31. The maximum atomic E-state index is 13.7. The standard InChI is InChI=1S/C28H31ClN4O4S/c1-5-36-27(35)24-17(2)30-28-33(25(24)18-6-8-19(29)9-7-18)26(34)22(38-28)16-21-10-11-23(37-21)32-14-12-20(13-15-32)31(3)4/h6-11,16,20,25H,5,12-15H2,1-4H3/b22-16-/t25-/m0/s1. The second kappa shape index (κ2) is 10.9. The quantitative estimate of drug-likeness (QED) is 0.433. The molecule has 0 bridgehead atoms. The van der Waals surface area contributed by atoms with Crippen LogP contribution in [-0.2, 0) is 9.53 Å². The number of hydrogen-bond acceptors (Lipinski definition) is 8. The van der Waals surface area contributed by atoms with E-state index in [1.54, 1.807) is 36.6 Å². The Morgan fingerprint density at radius 3 is 2.58 bits per heavy atom. The molecule has 8 nitrogen and oxygen atoms in total. The molecule has 1 atom stereocenters. The molecule has 0 spiro atoms. The number of nitrogens with zero attached hydrogens (tertiary/aromatic N) is 4. The van der Waals surface area contributed by atoms with Crippen LogP contribution in [0.15, 0.2) is 61.9 Å². The highest BCUT2D eigenvalue weighted by atomic mass is 35.5. The van der Waals surface area contributed by atoms with Crippen LogP contribution in [0.2, 0.25) is 5.02 Å². The molecule has 1 aromatic carbocycles. The SMILES string of the molecule is CCOC(=O)C1=C(C)N=c2s/c(=C\c3ccc(N4CCC(N(C)C)CC4)o3)c(=O)n2[C@H]1c1ccc(Cl)cc1. The van der Waals surface area contributed by atoms with Gasteiger partial charge >= 0.3 is 5.97 Å². The molecule has 3 aromatic rings. The van der Waals surface area contributed by atoms with Gasteiger partial charge in [0.25, 0.3) is 5.56 Å². The summed E-state index contributed by atoms with van der Waals surface area (Å²) in [5.74, 6) is 0.918. The fourth-order valence-corrected chi connectivity index (χ4v) is 6.23. The van der Waals surface area contributed by atoms with Crippen LogP contribution in [-0.4, -0.2) is 55.3 Å². The Labute approximate surface area is 230 Å². The van der Waals surface area contributed by atoms with Gasteiger partial charge in [0.05, 0.1) is 28.5 Å². The fourth-order valence-electron chi connectivity index (χ4n) is 5.07. The van der Waals surface area contributed by atoms with Crippen molar-refractivity contribution in [2.24, 2.45) is 4.99 Å². The van der Waals surface area contributed by atoms with Gasteiger partial charge in [-0.15, -0.1) is 0 Å². The molecule has 10 heteroatoms. The number of furan rings is 1. The van der Waals surface area contributed by atoms with Crippen LogP contribution in [0.1, 0.15) is 44.1 Å². The summed E-state index contributed by atoms with van der Waals surface area (Å²) in [6, 6.07) is 10.9. The lowest BCUT2D eigenvalue weighted by Crippen LogP contribution is -2.41. The van der Waals surface area contributed by atoms with Crippen LogP contribution in [0.5, 0.6) is 0 Å². The predicted octanol–water partition coefficient (Wildman–Crippen LogP) is 3.58. The van der Waals surface area contributed by atoms with Gasteiger partial charge in [-0.05, 0) is 64.5 Å². The number of hydrogen-bond donors (Lipinski definition) is 0. The lowest BCUT2D eigenvalue weighted by Gasteiger charge is -2.35. The first-order chi connectivity index (χ1) is 18.3. The van der Waals surface area contributed by atoms with E-state index in [-0.39, 0.29) is 12.2 Å². The number of halogens is 1. The summed E-state index contributed by atoms with van der Waals surface area (Å²) in [5.41, 5.74) is 1.38. The molecule has 1 fully saturated rings. The summed E-state index contributed by atoms with van der Waals surface area (Å²) >= 11 is 7.40. The Morgan fingerprint density at radius 2 is 1.92 bits per heavy atom. The van der Waals surface area contributed by atoms with E-state index < -0.39 is 12.0 Å². The van der Waals surface area contributed by atoms with Crippen LogP contribution < -0.4 is 19.8 Å². The second-order valence-electron chi connectivity index (χ2n) is 9.71. The number of carbonyl (C=O) groups is 1. The molecule has 2 aliphatic rings. The minimum atomic E-state index is -0.671. The summed E-state index contributed by atoms with van der Waals surface area (Å²) in [5, 5.41) is 0.569. The fraction of sp³-hybridized carbons (Fsp3) is 0.393. The number of ether oxygens (including phenoxy) is 1. The molecular formula is C28H31ClN4O4S. The van der Waals surface area contributed by atoms with Crippen LogP contribution in [0, 0.1) is 0 Å². The van der Waals surface area contributed by atoms with Crippen molar-refractivity contribution in [1.82, 2.24) is 9.47 Å². The second-order valence-corrected chi connectivity index (χ2v) is 11.2. The average Bonchev–Trinajstić information content (AvgIpc) is 3.48. The maximum absolute atomic E-state index is 13.7. The zero-order valence-corrected chi connectivity index (χ0v) is 23.5. The first kappa shape index (κ1) is 26.5. The minimum Gasteiger partial charge on any atom is -0.463 e. The average molecular weight is 555 g/mol. The number of fused-ring (bicyclic) bond motifs is 1. The van der Waals surface area contributed by atoms with E-state index in [0.717, 1.165) is 37.4 Å². The first-order valence-electron chi connectivity index (χ1n) is 12.7. The Hall–Kier alpha value is -3.14. The lowest BCUT2D eigenvalue weighted by molar-refractivity contribution is -0.139. The van der Waals surface area contributed by atoms with Crippen molar-refractivity contribution in [2.45, 2.75) is 38.8 Å². The molecule has 2 aromatic heterocycles. The van der Waals surface area contributed by atoms with Crippen LogP contribution in [0.3, 0.4) is 0 Å². The number of anilines is 1. The van der Waals surface area contributed by atoms with E-state index in [2.05, 4.69) is 28.9 Å². The Kier molecular flexibility index (Phi) is 7.61. The normalized spacial score (nSPS) is 18.6. The van der Waals surface area contributed by atoms with Gasteiger partial charge in [0.2, 0.25) is 0 Å². The van der Waals surface area contributed by atoms with Crippen molar-refractivity contribution in [3.63, 3.8) is 0 Å². The summed E-state index contributed by atoms with van der Waals surface area (Å²) in [6.45, 7) is 5.60. The summed E-state index contributed by atoms with van der Waals surface area (Å²) < 4.78 is 13.5. The number of carbonyl (C=O) groups excluding carboxylic acids is 1. The smallest absolute Gasteiger partial charge is 0.338 e. The highest BCUT2D eigenvalue weighted by molar-refractivity contribution is 7.07. The lowest BCUT2D eigenvalue weighted by atomic mass is 9.96. The van der Waals surface area contributed by atoms with Crippen molar-refractivity contribution in [1.29, 1.82) is 0 Å². The number of thiazole rings is 1. The number of piperidine rings is 1. The van der Waals surface area contributed by atoms with E-state index in [4.69, 9.17) is 20.8 Å². The molecule has 4 heterocycles. The van der Waals surface area contributed by atoms with Crippen LogP contribution in [0.4, 0.5) is 5.88 Å². The van der Waals surface area contributed by atoms with Gasteiger partial charge < -0.3 is 19.0 Å². The zero-order valence-electron chi connectivity index (χ0n) is 21.9. The molecule has 200 valence electrons. The van der Waals surface area contributed by atoms with Gasteiger partial charge in [0, 0.05) is 36.3 Å². The third-order valence-electron chi connectivity index (χ3n) is 7.10. The predicted molar refractivity (Wildman–Crippen MR) is 149 cm³/mol. The molecule has 0 amide bonds. The number of rotatable bonds is 6. The third-order valence-corrected chi connectivity index (χ3v) is 8.33. The number of aromatic nitrogens is 1.